The minimum Gasteiger partial charge on any atom is -0.356 e. The minimum atomic E-state index is 0. The van der Waals surface area contributed by atoms with Crippen molar-refractivity contribution >= 4 is 41.5 Å². The number of nitrogens with zero attached hydrogens (tertiary/aromatic N) is 4. The molecule has 2 N–H and O–H groups in total. The zero-order chi connectivity index (χ0) is 20.5. The highest BCUT2D eigenvalue weighted by atomic mass is 127. The quantitative estimate of drug-likeness (QED) is 0.217. The molecule has 1 aromatic carbocycles. The normalized spacial score (nSPS) is 11.8. The monoisotopic (exact) mass is 534 g/mol. The Morgan fingerprint density at radius 2 is 1.79 bits per heavy atom. The lowest BCUT2D eigenvalue weighted by atomic mass is 10.2. The molecule has 29 heavy (non-hydrogen) atoms. The number of aromatic nitrogens is 2. The predicted molar refractivity (Wildman–Crippen MR) is 130 cm³/mol. The van der Waals surface area contributed by atoms with Crippen LogP contribution in [0.5, 0.6) is 0 Å². The van der Waals surface area contributed by atoms with Crippen molar-refractivity contribution in [2.75, 3.05) is 20.1 Å². The lowest BCUT2D eigenvalue weighted by molar-refractivity contribution is 0.173. The van der Waals surface area contributed by atoms with Crippen LogP contribution in [0, 0.1) is 0 Å². The van der Waals surface area contributed by atoms with Crippen molar-refractivity contribution in [3.8, 4) is 11.4 Å². The van der Waals surface area contributed by atoms with E-state index in [2.05, 4.69) is 58.4 Å². The van der Waals surface area contributed by atoms with Crippen molar-refractivity contribution in [3.05, 3.63) is 35.2 Å². The molecule has 0 unspecified atom stereocenters. The summed E-state index contributed by atoms with van der Waals surface area (Å²) in [4.78, 5) is 11.1. The van der Waals surface area contributed by atoms with Crippen LogP contribution in [-0.4, -0.2) is 53.2 Å². The molecule has 9 heteroatoms. The van der Waals surface area contributed by atoms with Crippen molar-refractivity contribution in [2.45, 2.75) is 52.7 Å². The smallest absolute Gasteiger partial charge is 0.246 e. The molecule has 1 heterocycles. The first-order valence-electron chi connectivity index (χ1n) is 9.69. The number of hydrogen-bond acceptors (Lipinski definition) is 5. The lowest BCUT2D eigenvalue weighted by Gasteiger charge is -2.30. The maximum Gasteiger partial charge on any atom is 0.246 e. The van der Waals surface area contributed by atoms with Crippen molar-refractivity contribution in [2.24, 2.45) is 4.99 Å². The lowest BCUT2D eigenvalue weighted by Crippen LogP contribution is -2.41. The summed E-state index contributed by atoms with van der Waals surface area (Å²) >= 11 is 5.91. The van der Waals surface area contributed by atoms with Crippen molar-refractivity contribution < 1.29 is 4.52 Å². The summed E-state index contributed by atoms with van der Waals surface area (Å²) in [5, 5.41) is 11.2. The van der Waals surface area contributed by atoms with E-state index < -0.39 is 0 Å². The van der Waals surface area contributed by atoms with Gasteiger partial charge in [0, 0.05) is 42.8 Å². The molecular weight excluding hydrogens is 503 g/mol. The molecule has 0 amide bonds. The fourth-order valence-corrected chi connectivity index (χ4v) is 3.13. The maximum absolute atomic E-state index is 5.91. The summed E-state index contributed by atoms with van der Waals surface area (Å²) in [5.41, 5.74) is 0.863. The van der Waals surface area contributed by atoms with Crippen molar-refractivity contribution in [1.29, 1.82) is 0 Å². The fourth-order valence-electron chi connectivity index (χ4n) is 3.00. The highest BCUT2D eigenvalue weighted by molar-refractivity contribution is 14.0. The summed E-state index contributed by atoms with van der Waals surface area (Å²) in [6.45, 7) is 11.2. The van der Waals surface area contributed by atoms with Gasteiger partial charge in [-0.05, 0) is 58.4 Å². The third kappa shape index (κ3) is 8.47. The molecule has 0 aliphatic heterocycles. The number of benzene rings is 1. The summed E-state index contributed by atoms with van der Waals surface area (Å²) in [6.07, 6.45) is 1.04. The molecule has 0 saturated heterocycles. The van der Waals surface area contributed by atoms with Crippen LogP contribution in [0.4, 0.5) is 0 Å². The SMILES string of the molecule is CN=C(NCCCN(C(C)C)C(C)C)NCc1nc(-c2ccc(Cl)cc2)no1.I. The van der Waals surface area contributed by atoms with E-state index in [1.54, 1.807) is 19.2 Å². The third-order valence-corrected chi connectivity index (χ3v) is 4.67. The van der Waals surface area contributed by atoms with E-state index in [-0.39, 0.29) is 24.0 Å². The summed E-state index contributed by atoms with van der Waals surface area (Å²) in [7, 11) is 1.75. The molecule has 0 radical (unpaired) electrons. The second-order valence-corrected chi connectivity index (χ2v) is 7.59. The molecular formula is C20H32ClIN6O. The third-order valence-electron chi connectivity index (χ3n) is 4.41. The van der Waals surface area contributed by atoms with Crippen LogP contribution < -0.4 is 10.6 Å². The molecule has 2 rings (SSSR count). The summed E-state index contributed by atoms with van der Waals surface area (Å²) < 4.78 is 5.31. The molecule has 0 aliphatic carbocycles. The van der Waals surface area contributed by atoms with E-state index >= 15 is 0 Å². The van der Waals surface area contributed by atoms with Gasteiger partial charge in [-0.1, -0.05) is 16.8 Å². The van der Waals surface area contributed by atoms with Gasteiger partial charge in [0.05, 0.1) is 6.54 Å². The van der Waals surface area contributed by atoms with Crippen LogP contribution in [0.25, 0.3) is 11.4 Å². The van der Waals surface area contributed by atoms with Crippen LogP contribution in [-0.2, 0) is 6.54 Å². The minimum absolute atomic E-state index is 0. The standard InChI is InChI=1S/C20H31ClN6O.HI/c1-14(2)27(15(3)4)12-6-11-23-20(22-5)24-13-18-25-19(26-28-18)16-7-9-17(21)10-8-16;/h7-10,14-15H,6,11-13H2,1-5H3,(H2,22,23,24);1H. The van der Waals surface area contributed by atoms with Gasteiger partial charge in [0.15, 0.2) is 5.96 Å². The van der Waals surface area contributed by atoms with Crippen LogP contribution in [0.2, 0.25) is 5.02 Å². The molecule has 2 aromatic rings. The Labute approximate surface area is 195 Å². The van der Waals surface area contributed by atoms with Crippen LogP contribution in [0.15, 0.2) is 33.8 Å². The second kappa shape index (κ2) is 13.0. The number of guanidine groups is 1. The fraction of sp³-hybridized carbons (Fsp3) is 0.550. The van der Waals surface area contributed by atoms with Gasteiger partial charge in [-0.3, -0.25) is 9.89 Å². The number of rotatable bonds is 9. The van der Waals surface area contributed by atoms with E-state index in [9.17, 15) is 0 Å². The second-order valence-electron chi connectivity index (χ2n) is 7.15. The zero-order valence-corrected chi connectivity index (χ0v) is 20.9. The van der Waals surface area contributed by atoms with Crippen LogP contribution in [0.3, 0.4) is 0 Å². The molecule has 0 spiro atoms. The highest BCUT2D eigenvalue weighted by Crippen LogP contribution is 2.18. The van der Waals surface area contributed by atoms with Gasteiger partial charge in [0.25, 0.3) is 0 Å². The maximum atomic E-state index is 5.91. The van der Waals surface area contributed by atoms with Gasteiger partial charge in [-0.25, -0.2) is 0 Å². The molecule has 1 aromatic heterocycles. The Balaban J connectivity index is 0.00000420. The van der Waals surface area contributed by atoms with Gasteiger partial charge in [-0.2, -0.15) is 4.98 Å². The van der Waals surface area contributed by atoms with Gasteiger partial charge in [0.2, 0.25) is 11.7 Å². The molecule has 7 nitrogen and oxygen atoms in total. The Bertz CT molecular complexity index is 740. The Morgan fingerprint density at radius 3 is 2.38 bits per heavy atom. The Morgan fingerprint density at radius 1 is 1.14 bits per heavy atom. The summed E-state index contributed by atoms with van der Waals surface area (Å²) in [6, 6.07) is 8.42. The van der Waals surface area contributed by atoms with Crippen molar-refractivity contribution in [3.63, 3.8) is 0 Å². The van der Waals surface area contributed by atoms with E-state index in [0.717, 1.165) is 25.1 Å². The first-order valence-corrected chi connectivity index (χ1v) is 10.1. The van der Waals surface area contributed by atoms with Crippen LogP contribution >= 0.6 is 35.6 Å². The first-order chi connectivity index (χ1) is 13.4. The topological polar surface area (TPSA) is 78.6 Å². The highest BCUT2D eigenvalue weighted by Gasteiger charge is 2.13. The zero-order valence-electron chi connectivity index (χ0n) is 17.8. The molecule has 0 bridgehead atoms. The van der Waals surface area contributed by atoms with E-state index in [4.69, 9.17) is 16.1 Å². The Hall–Kier alpha value is -1.39. The average molecular weight is 535 g/mol. The molecule has 0 aliphatic rings. The van der Waals surface area contributed by atoms with Gasteiger partial charge in [-0.15, -0.1) is 24.0 Å². The van der Waals surface area contributed by atoms with E-state index in [0.29, 0.717) is 41.3 Å². The molecule has 0 fully saturated rings. The van der Waals surface area contributed by atoms with Gasteiger partial charge < -0.3 is 15.2 Å². The van der Waals surface area contributed by atoms with E-state index in [1.807, 2.05) is 12.1 Å². The van der Waals surface area contributed by atoms with Gasteiger partial charge >= 0.3 is 0 Å². The van der Waals surface area contributed by atoms with Gasteiger partial charge in [0.1, 0.15) is 0 Å². The number of nitrogens with one attached hydrogen (secondary N) is 2. The molecule has 0 atom stereocenters. The van der Waals surface area contributed by atoms with E-state index in [1.165, 1.54) is 0 Å². The summed E-state index contributed by atoms with van der Waals surface area (Å²) in [5.74, 6) is 1.75. The first kappa shape index (κ1) is 25.6. The number of aliphatic imine (C=N–C) groups is 1. The number of hydrogen-bond donors (Lipinski definition) is 2. The number of halogens is 2. The molecule has 162 valence electrons. The largest absolute Gasteiger partial charge is 0.356 e. The van der Waals surface area contributed by atoms with Crippen LogP contribution in [0.1, 0.15) is 40.0 Å². The average Bonchev–Trinajstić information content (AvgIpc) is 3.13. The predicted octanol–water partition coefficient (Wildman–Crippen LogP) is 4.18. The van der Waals surface area contributed by atoms with Crippen molar-refractivity contribution in [1.82, 2.24) is 25.7 Å². The Kier molecular flexibility index (Phi) is 11.5. The molecule has 0 saturated carbocycles.